The van der Waals surface area contributed by atoms with E-state index in [1.807, 2.05) is 44.2 Å². The number of Topliss-reactive ketones (excluding diaryl/α,β-unsaturated/α-hetero) is 1. The molecule has 0 bridgehead atoms. The quantitative estimate of drug-likeness (QED) is 0.562. The van der Waals surface area contributed by atoms with Crippen molar-refractivity contribution in [2.45, 2.75) is 90.8 Å². The molecule has 3 aliphatic carbocycles. The number of carboxylic acids is 1. The molecule has 0 radical (unpaired) electrons. The zero-order chi connectivity index (χ0) is 25.6. The third kappa shape index (κ3) is 4.32. The first kappa shape index (κ1) is 25.9. The number of carbonyl (C=O) groups is 3. The molecule has 1 aromatic rings. The maximum atomic E-state index is 13.2. The first-order valence-electron chi connectivity index (χ1n) is 13.1. The van der Waals surface area contributed by atoms with E-state index in [0.29, 0.717) is 19.3 Å². The van der Waals surface area contributed by atoms with Crippen LogP contribution in [0.15, 0.2) is 30.3 Å². The molecule has 0 amide bonds. The van der Waals surface area contributed by atoms with Crippen molar-refractivity contribution >= 4 is 17.7 Å². The minimum atomic E-state index is -1.08. The molecular weight excluding hydrogens is 444 g/mol. The van der Waals surface area contributed by atoms with Gasteiger partial charge in [0.25, 0.3) is 0 Å². The van der Waals surface area contributed by atoms with Crippen LogP contribution in [-0.4, -0.2) is 39.6 Å². The number of benzene rings is 1. The van der Waals surface area contributed by atoms with Crippen LogP contribution >= 0.6 is 0 Å². The van der Waals surface area contributed by atoms with Crippen molar-refractivity contribution in [3.05, 3.63) is 35.9 Å². The summed E-state index contributed by atoms with van der Waals surface area (Å²) < 4.78 is 6.15. The maximum absolute atomic E-state index is 13.2. The molecule has 0 saturated heterocycles. The van der Waals surface area contributed by atoms with Crippen LogP contribution in [0.2, 0.25) is 0 Å². The highest BCUT2D eigenvalue weighted by atomic mass is 16.5. The van der Waals surface area contributed by atoms with Crippen molar-refractivity contribution in [3.63, 3.8) is 0 Å². The third-order valence-electron chi connectivity index (χ3n) is 10.1. The second-order valence-corrected chi connectivity index (χ2v) is 12.1. The number of esters is 1. The standard InChI is InChI=1S/C29H40O6/c1-18-20-12-15-29(34)27(2,3)14-13-24(35-26(33)11-10-19-8-6-5-7-9-19)28(29,4)22(20)17-23(30)21(18)16-25(31)32/h5-9,18,20-22,24,34H,10-17H2,1-4H3,(H,31,32)/t18-,20+,21-,22+,24+,28+,29-/m1/s1. The number of ether oxygens (including phenoxy) is 1. The zero-order valence-electron chi connectivity index (χ0n) is 21.5. The fourth-order valence-electron chi connectivity index (χ4n) is 7.90. The highest BCUT2D eigenvalue weighted by Gasteiger charge is 2.70. The number of hydrogen-bond acceptors (Lipinski definition) is 5. The Morgan fingerprint density at radius 3 is 2.43 bits per heavy atom. The van der Waals surface area contributed by atoms with Gasteiger partial charge in [-0.2, -0.15) is 0 Å². The number of aryl methyl sites for hydroxylation is 1. The van der Waals surface area contributed by atoms with Crippen molar-refractivity contribution < 1.29 is 29.3 Å². The summed E-state index contributed by atoms with van der Waals surface area (Å²) >= 11 is 0. The van der Waals surface area contributed by atoms with Gasteiger partial charge in [-0.1, -0.05) is 58.0 Å². The van der Waals surface area contributed by atoms with E-state index >= 15 is 0 Å². The van der Waals surface area contributed by atoms with Gasteiger partial charge in [0.15, 0.2) is 0 Å². The SMILES string of the molecule is C[C@@H]1[C@@H]2CC[C@@]3(O)C(C)(C)CC[C@H](OC(=O)CCc4ccccc4)[C@]3(C)[C@H]2CC(=O)[C@@H]1CC(=O)O. The predicted molar refractivity (Wildman–Crippen MR) is 131 cm³/mol. The Labute approximate surface area is 208 Å². The summed E-state index contributed by atoms with van der Waals surface area (Å²) in [5.41, 5.74) is -1.17. The lowest BCUT2D eigenvalue weighted by Gasteiger charge is -2.68. The minimum Gasteiger partial charge on any atom is -0.481 e. The van der Waals surface area contributed by atoms with Crippen LogP contribution in [0, 0.1) is 34.5 Å². The number of rotatable bonds is 6. The highest BCUT2D eigenvalue weighted by Crippen LogP contribution is 2.67. The zero-order valence-corrected chi connectivity index (χ0v) is 21.5. The normalized spacial score (nSPS) is 38.2. The van der Waals surface area contributed by atoms with Gasteiger partial charge in [-0.15, -0.1) is 0 Å². The molecule has 1 aromatic carbocycles. The van der Waals surface area contributed by atoms with Crippen LogP contribution in [0.3, 0.4) is 0 Å². The van der Waals surface area contributed by atoms with Crippen molar-refractivity contribution in [3.8, 4) is 0 Å². The molecule has 0 aliphatic heterocycles. The van der Waals surface area contributed by atoms with Crippen LogP contribution in [0.1, 0.15) is 78.2 Å². The highest BCUT2D eigenvalue weighted by molar-refractivity contribution is 5.86. The molecule has 6 heteroatoms. The molecule has 0 heterocycles. The molecule has 3 fully saturated rings. The average molecular weight is 485 g/mol. The Kier molecular flexibility index (Phi) is 6.91. The van der Waals surface area contributed by atoms with Gasteiger partial charge in [-0.3, -0.25) is 14.4 Å². The summed E-state index contributed by atoms with van der Waals surface area (Å²) in [5, 5.41) is 21.7. The van der Waals surface area contributed by atoms with E-state index in [1.165, 1.54) is 0 Å². The van der Waals surface area contributed by atoms with Gasteiger partial charge < -0.3 is 14.9 Å². The molecule has 0 spiro atoms. The number of carboxylic acid groups (broad SMARTS) is 1. The Hall–Kier alpha value is -2.21. The average Bonchev–Trinajstić information content (AvgIpc) is 2.80. The number of aliphatic carboxylic acids is 1. The van der Waals surface area contributed by atoms with Gasteiger partial charge >= 0.3 is 11.9 Å². The van der Waals surface area contributed by atoms with E-state index in [0.717, 1.165) is 18.4 Å². The number of ketones is 1. The molecule has 4 rings (SSSR count). The Morgan fingerprint density at radius 1 is 1.09 bits per heavy atom. The van der Waals surface area contributed by atoms with E-state index in [9.17, 15) is 24.6 Å². The molecule has 3 aliphatic rings. The Balaban J connectivity index is 1.61. The second kappa shape index (κ2) is 9.34. The number of aliphatic hydroxyl groups is 1. The molecular formula is C29H40O6. The maximum Gasteiger partial charge on any atom is 0.306 e. The molecule has 6 nitrogen and oxygen atoms in total. The van der Waals surface area contributed by atoms with Gasteiger partial charge in [0.05, 0.1) is 12.0 Å². The van der Waals surface area contributed by atoms with Crippen LogP contribution in [0.4, 0.5) is 0 Å². The third-order valence-corrected chi connectivity index (χ3v) is 10.1. The largest absolute Gasteiger partial charge is 0.481 e. The summed E-state index contributed by atoms with van der Waals surface area (Å²) in [5.74, 6) is -1.88. The van der Waals surface area contributed by atoms with Crippen molar-refractivity contribution in [1.29, 1.82) is 0 Å². The molecule has 0 unspecified atom stereocenters. The molecule has 7 atom stereocenters. The van der Waals surface area contributed by atoms with Crippen LogP contribution < -0.4 is 0 Å². The molecule has 2 N–H and O–H groups in total. The van der Waals surface area contributed by atoms with Gasteiger partial charge in [-0.25, -0.2) is 0 Å². The first-order chi connectivity index (χ1) is 16.4. The fourth-order valence-corrected chi connectivity index (χ4v) is 7.90. The Morgan fingerprint density at radius 2 is 1.77 bits per heavy atom. The topological polar surface area (TPSA) is 101 Å². The summed E-state index contributed by atoms with van der Waals surface area (Å²) in [4.78, 5) is 37.6. The number of hydrogen-bond donors (Lipinski definition) is 2. The second-order valence-electron chi connectivity index (χ2n) is 12.1. The molecule has 3 saturated carbocycles. The van der Waals surface area contributed by atoms with Crippen LogP contribution in [0.5, 0.6) is 0 Å². The summed E-state index contributed by atoms with van der Waals surface area (Å²) in [6.45, 7) is 8.18. The lowest BCUT2D eigenvalue weighted by atomic mass is 9.40. The fraction of sp³-hybridized carbons (Fsp3) is 0.690. The van der Waals surface area contributed by atoms with Crippen LogP contribution in [-0.2, 0) is 25.5 Å². The van der Waals surface area contributed by atoms with Gasteiger partial charge in [0.1, 0.15) is 11.9 Å². The van der Waals surface area contributed by atoms with Gasteiger partial charge in [0, 0.05) is 24.2 Å². The van der Waals surface area contributed by atoms with Crippen molar-refractivity contribution in [1.82, 2.24) is 0 Å². The Bertz CT molecular complexity index is 971. The molecule has 192 valence electrons. The summed E-state index contributed by atoms with van der Waals surface area (Å²) in [7, 11) is 0. The number of fused-ring (bicyclic) bond motifs is 3. The minimum absolute atomic E-state index is 0.0378. The van der Waals surface area contributed by atoms with E-state index in [4.69, 9.17) is 4.74 Å². The number of carbonyl (C=O) groups excluding carboxylic acids is 2. The van der Waals surface area contributed by atoms with E-state index in [2.05, 4.69) is 13.8 Å². The van der Waals surface area contributed by atoms with E-state index in [1.54, 1.807) is 0 Å². The first-order valence-corrected chi connectivity index (χ1v) is 13.1. The van der Waals surface area contributed by atoms with E-state index < -0.39 is 29.0 Å². The lowest BCUT2D eigenvalue weighted by molar-refractivity contribution is -0.284. The van der Waals surface area contributed by atoms with Crippen LogP contribution in [0.25, 0.3) is 0 Å². The lowest BCUT2D eigenvalue weighted by Crippen LogP contribution is -2.72. The predicted octanol–water partition coefficient (Wildman–Crippen LogP) is 4.81. The van der Waals surface area contributed by atoms with Gasteiger partial charge in [0.2, 0.25) is 0 Å². The van der Waals surface area contributed by atoms with Gasteiger partial charge in [-0.05, 0) is 60.8 Å². The summed E-state index contributed by atoms with van der Waals surface area (Å²) in [6.07, 6.45) is 3.17. The monoisotopic (exact) mass is 484 g/mol. The smallest absolute Gasteiger partial charge is 0.306 e. The van der Waals surface area contributed by atoms with E-state index in [-0.39, 0.29) is 54.2 Å². The molecule has 0 aromatic heterocycles. The van der Waals surface area contributed by atoms with Crippen molar-refractivity contribution in [2.75, 3.05) is 0 Å². The van der Waals surface area contributed by atoms with Crippen molar-refractivity contribution in [2.24, 2.45) is 34.5 Å². The molecule has 35 heavy (non-hydrogen) atoms. The summed E-state index contributed by atoms with van der Waals surface area (Å²) in [6, 6.07) is 9.83.